The van der Waals surface area contributed by atoms with E-state index in [0.717, 1.165) is 60.4 Å². The molecule has 176 valence electrons. The first-order valence-corrected chi connectivity index (χ1v) is 11.3. The highest BCUT2D eigenvalue weighted by Gasteiger charge is 2.40. The molecular formula is C23H28ClFN6O2. The van der Waals surface area contributed by atoms with Gasteiger partial charge in [0.15, 0.2) is 5.82 Å². The van der Waals surface area contributed by atoms with Gasteiger partial charge in [-0.05, 0) is 49.6 Å². The first kappa shape index (κ1) is 22.3. The van der Waals surface area contributed by atoms with Crippen molar-refractivity contribution in [1.82, 2.24) is 25.1 Å². The molecule has 33 heavy (non-hydrogen) atoms. The van der Waals surface area contributed by atoms with Gasteiger partial charge in [0.1, 0.15) is 12.0 Å². The van der Waals surface area contributed by atoms with Crippen LogP contribution in [-0.2, 0) is 4.74 Å². The SMILES string of the molecule is COc1nc(N2C[C@@H]3C[C@H]2CO3)cc(-n2ncc3cc(C)c(C4CCNCC4F)cc32)n1.Cl. The monoisotopic (exact) mass is 474 g/mol. The second-order valence-corrected chi connectivity index (χ2v) is 9.01. The molecule has 3 aliphatic rings. The third-order valence-electron chi connectivity index (χ3n) is 7.04. The van der Waals surface area contributed by atoms with Crippen LogP contribution in [0, 0.1) is 6.92 Å². The van der Waals surface area contributed by atoms with Gasteiger partial charge in [-0.3, -0.25) is 0 Å². The largest absolute Gasteiger partial charge is 0.467 e. The summed E-state index contributed by atoms with van der Waals surface area (Å²) < 4.78 is 27.7. The van der Waals surface area contributed by atoms with Gasteiger partial charge in [-0.1, -0.05) is 0 Å². The zero-order valence-electron chi connectivity index (χ0n) is 18.7. The second-order valence-electron chi connectivity index (χ2n) is 9.01. The molecule has 3 saturated heterocycles. The number of fused-ring (bicyclic) bond motifs is 3. The highest BCUT2D eigenvalue weighted by atomic mass is 35.5. The summed E-state index contributed by atoms with van der Waals surface area (Å²) in [6.45, 7) is 4.82. The molecule has 0 spiro atoms. The molecule has 1 N–H and O–H groups in total. The normalized spacial score (nSPS) is 26.6. The van der Waals surface area contributed by atoms with Gasteiger partial charge in [-0.2, -0.15) is 15.1 Å². The average Bonchev–Trinajstić information content (AvgIpc) is 3.54. The van der Waals surface area contributed by atoms with E-state index in [-0.39, 0.29) is 24.4 Å². The van der Waals surface area contributed by atoms with Crippen LogP contribution in [0.5, 0.6) is 6.01 Å². The number of ether oxygens (including phenoxy) is 2. The Morgan fingerprint density at radius 3 is 2.79 bits per heavy atom. The number of hydrogen-bond donors (Lipinski definition) is 1. The van der Waals surface area contributed by atoms with Gasteiger partial charge in [0.2, 0.25) is 0 Å². The lowest BCUT2D eigenvalue weighted by Crippen LogP contribution is -2.37. The maximum atomic E-state index is 14.7. The first-order valence-electron chi connectivity index (χ1n) is 11.3. The number of piperidine rings is 1. The Labute approximate surface area is 197 Å². The summed E-state index contributed by atoms with van der Waals surface area (Å²) in [6, 6.07) is 6.77. The number of methoxy groups -OCH3 is 1. The van der Waals surface area contributed by atoms with E-state index in [9.17, 15) is 4.39 Å². The predicted octanol–water partition coefficient (Wildman–Crippen LogP) is 2.95. The Kier molecular flexibility index (Phi) is 5.88. The van der Waals surface area contributed by atoms with Gasteiger partial charge in [0.25, 0.3) is 0 Å². The van der Waals surface area contributed by atoms with Crippen LogP contribution in [0.3, 0.4) is 0 Å². The van der Waals surface area contributed by atoms with E-state index < -0.39 is 6.17 Å². The maximum absolute atomic E-state index is 14.7. The molecule has 0 radical (unpaired) electrons. The Balaban J connectivity index is 0.00000228. The lowest BCUT2D eigenvalue weighted by molar-refractivity contribution is 0.0988. The number of alkyl halides is 1. The van der Waals surface area contributed by atoms with Gasteiger partial charge in [0.05, 0.1) is 37.6 Å². The molecular weight excluding hydrogens is 447 g/mol. The lowest BCUT2D eigenvalue weighted by atomic mass is 9.85. The highest BCUT2D eigenvalue weighted by molar-refractivity contribution is 5.85. The highest BCUT2D eigenvalue weighted by Crippen LogP contribution is 2.35. The number of rotatable bonds is 4. The van der Waals surface area contributed by atoms with Crippen LogP contribution in [0.4, 0.5) is 10.2 Å². The van der Waals surface area contributed by atoms with Gasteiger partial charge in [-0.15, -0.1) is 12.4 Å². The summed E-state index contributed by atoms with van der Waals surface area (Å²) >= 11 is 0. The van der Waals surface area contributed by atoms with Crippen molar-refractivity contribution in [1.29, 1.82) is 0 Å². The van der Waals surface area contributed by atoms with Crippen LogP contribution in [0.15, 0.2) is 24.4 Å². The minimum atomic E-state index is -0.894. The maximum Gasteiger partial charge on any atom is 0.320 e. The van der Waals surface area contributed by atoms with E-state index in [1.54, 1.807) is 7.11 Å². The first-order chi connectivity index (χ1) is 15.6. The third-order valence-corrected chi connectivity index (χ3v) is 7.04. The van der Waals surface area contributed by atoms with E-state index in [2.05, 4.69) is 44.3 Å². The van der Waals surface area contributed by atoms with Gasteiger partial charge >= 0.3 is 6.01 Å². The van der Waals surface area contributed by atoms with E-state index >= 15 is 0 Å². The number of halogens is 2. The summed E-state index contributed by atoms with van der Waals surface area (Å²) in [5.74, 6) is 1.35. The van der Waals surface area contributed by atoms with Crippen LogP contribution >= 0.6 is 12.4 Å². The summed E-state index contributed by atoms with van der Waals surface area (Å²) in [5.41, 5.74) is 3.05. The van der Waals surface area contributed by atoms with Gasteiger partial charge in [-0.25, -0.2) is 9.07 Å². The number of nitrogens with one attached hydrogen (secondary N) is 1. The van der Waals surface area contributed by atoms with E-state index in [4.69, 9.17) is 9.47 Å². The van der Waals surface area contributed by atoms with Crippen molar-refractivity contribution in [2.75, 3.05) is 38.3 Å². The molecule has 0 aliphatic carbocycles. The molecule has 10 heteroatoms. The Bertz CT molecular complexity index is 1170. The standard InChI is InChI=1S/C23H27FN6O2.ClH/c1-13-5-14-9-26-30(20(14)7-18(13)17-3-4-25-10-19(17)24)22-8-21(27-23(28-22)31-2)29-11-16-6-15(29)12-32-16;/h5,7-9,15-17,19,25H,3-4,6,10-12H2,1-2H3;1H/t15-,16-,17?,19?;/m0./s1. The molecule has 3 aromatic rings. The summed E-state index contributed by atoms with van der Waals surface area (Å²) in [5, 5.41) is 8.77. The zero-order valence-corrected chi connectivity index (χ0v) is 19.5. The Morgan fingerprint density at radius 1 is 1.21 bits per heavy atom. The second kappa shape index (κ2) is 8.70. The number of aryl methyl sites for hydroxylation is 1. The molecule has 3 aliphatic heterocycles. The van der Waals surface area contributed by atoms with Crippen molar-refractivity contribution in [2.45, 2.75) is 44.0 Å². The van der Waals surface area contributed by atoms with E-state index in [1.165, 1.54) is 0 Å². The fourth-order valence-electron chi connectivity index (χ4n) is 5.39. The molecule has 2 unspecified atom stereocenters. The molecule has 0 saturated carbocycles. The van der Waals surface area contributed by atoms with Crippen LogP contribution in [-0.4, -0.2) is 71.4 Å². The van der Waals surface area contributed by atoms with E-state index in [1.807, 2.05) is 16.9 Å². The third kappa shape index (κ3) is 3.82. The van der Waals surface area contributed by atoms with Crippen molar-refractivity contribution in [3.8, 4) is 11.8 Å². The van der Waals surface area contributed by atoms with Crippen molar-refractivity contribution in [2.24, 2.45) is 0 Å². The fraction of sp³-hybridized carbons (Fsp3) is 0.522. The van der Waals surface area contributed by atoms with Crippen molar-refractivity contribution in [3.63, 3.8) is 0 Å². The van der Waals surface area contributed by atoms with Crippen LogP contribution in [0.25, 0.3) is 16.7 Å². The van der Waals surface area contributed by atoms with Crippen LogP contribution in [0.1, 0.15) is 29.9 Å². The number of anilines is 1. The number of morpholine rings is 1. The number of aromatic nitrogens is 4. The van der Waals surface area contributed by atoms with Crippen LogP contribution < -0.4 is 15.0 Å². The van der Waals surface area contributed by atoms with Crippen LogP contribution in [0.2, 0.25) is 0 Å². The topological polar surface area (TPSA) is 77.3 Å². The van der Waals surface area contributed by atoms with Crippen molar-refractivity contribution >= 4 is 29.1 Å². The van der Waals surface area contributed by atoms with Crippen molar-refractivity contribution in [3.05, 3.63) is 35.5 Å². The predicted molar refractivity (Wildman–Crippen MR) is 126 cm³/mol. The number of hydrogen-bond acceptors (Lipinski definition) is 7. The molecule has 2 bridgehead atoms. The van der Waals surface area contributed by atoms with Gasteiger partial charge in [0, 0.05) is 30.5 Å². The molecule has 0 amide bonds. The van der Waals surface area contributed by atoms with Gasteiger partial charge < -0.3 is 19.7 Å². The smallest absolute Gasteiger partial charge is 0.320 e. The minimum absolute atomic E-state index is 0. The van der Waals surface area contributed by atoms with Crippen molar-refractivity contribution < 1.29 is 13.9 Å². The molecule has 6 rings (SSSR count). The Morgan fingerprint density at radius 2 is 2.06 bits per heavy atom. The molecule has 3 fully saturated rings. The minimum Gasteiger partial charge on any atom is -0.467 e. The summed E-state index contributed by atoms with van der Waals surface area (Å²) in [7, 11) is 1.57. The Hall–Kier alpha value is -2.49. The molecule has 1 aromatic carbocycles. The fourth-order valence-corrected chi connectivity index (χ4v) is 5.39. The lowest BCUT2D eigenvalue weighted by Gasteiger charge is -2.28. The quantitative estimate of drug-likeness (QED) is 0.623. The summed E-state index contributed by atoms with van der Waals surface area (Å²) in [6.07, 6.45) is 3.01. The molecule has 4 atom stereocenters. The zero-order chi connectivity index (χ0) is 21.8. The average molecular weight is 475 g/mol. The molecule has 2 aromatic heterocycles. The van der Waals surface area contributed by atoms with E-state index in [0.29, 0.717) is 24.4 Å². The number of nitrogens with zero attached hydrogens (tertiary/aromatic N) is 5. The summed E-state index contributed by atoms with van der Waals surface area (Å²) in [4.78, 5) is 11.4. The number of benzene rings is 1. The molecule has 5 heterocycles. The molecule has 8 nitrogen and oxygen atoms in total.